The molecule has 1 aliphatic heterocycles. The third-order valence-corrected chi connectivity index (χ3v) is 2.96. The molecule has 0 aliphatic carbocycles. The monoisotopic (exact) mass is 216 g/mol. The highest BCUT2D eigenvalue weighted by Crippen LogP contribution is 2.16. The summed E-state index contributed by atoms with van der Waals surface area (Å²) in [5, 5.41) is 17.9. The summed E-state index contributed by atoms with van der Waals surface area (Å²) in [6, 6.07) is -0.768. The predicted octanol–water partition coefficient (Wildman–Crippen LogP) is -0.365. The highest BCUT2D eigenvalue weighted by Gasteiger charge is 2.24. The lowest BCUT2D eigenvalue weighted by Crippen LogP contribution is -2.47. The zero-order valence-corrected chi connectivity index (χ0v) is 8.93. The van der Waals surface area contributed by atoms with Crippen LogP contribution < -0.4 is 5.73 Å². The first-order valence-electron chi connectivity index (χ1n) is 5.48. The molecular weight excluding hydrogens is 196 g/mol. The van der Waals surface area contributed by atoms with Crippen molar-refractivity contribution < 1.29 is 15.0 Å². The SMILES string of the molecule is NC(CN1CCCCCC1CO)C(=O)O. The molecule has 0 bridgehead atoms. The fourth-order valence-electron chi connectivity index (χ4n) is 2.01. The van der Waals surface area contributed by atoms with Crippen molar-refractivity contribution in [2.24, 2.45) is 5.73 Å². The number of nitrogens with zero attached hydrogens (tertiary/aromatic N) is 1. The van der Waals surface area contributed by atoms with Crippen molar-refractivity contribution >= 4 is 5.97 Å². The van der Waals surface area contributed by atoms with E-state index in [9.17, 15) is 9.90 Å². The second-order valence-corrected chi connectivity index (χ2v) is 4.13. The van der Waals surface area contributed by atoms with Gasteiger partial charge in [-0.3, -0.25) is 9.69 Å². The standard InChI is InChI=1S/C10H20N2O3/c11-9(10(14)15)6-12-5-3-1-2-4-8(12)7-13/h8-9,13H,1-7,11H2,(H,14,15). The van der Waals surface area contributed by atoms with E-state index in [-0.39, 0.29) is 12.6 Å². The van der Waals surface area contributed by atoms with Crippen LogP contribution in [-0.4, -0.2) is 52.9 Å². The van der Waals surface area contributed by atoms with Crippen molar-refractivity contribution in [3.05, 3.63) is 0 Å². The van der Waals surface area contributed by atoms with Gasteiger partial charge in [-0.25, -0.2) is 0 Å². The van der Waals surface area contributed by atoms with E-state index >= 15 is 0 Å². The highest BCUT2D eigenvalue weighted by atomic mass is 16.4. The Morgan fingerprint density at radius 2 is 2.20 bits per heavy atom. The smallest absolute Gasteiger partial charge is 0.321 e. The zero-order valence-electron chi connectivity index (χ0n) is 8.93. The Bertz CT molecular complexity index is 211. The average molecular weight is 216 g/mol. The van der Waals surface area contributed by atoms with Crippen molar-refractivity contribution in [1.29, 1.82) is 0 Å². The van der Waals surface area contributed by atoms with Gasteiger partial charge >= 0.3 is 5.97 Å². The molecule has 2 atom stereocenters. The van der Waals surface area contributed by atoms with E-state index in [4.69, 9.17) is 10.8 Å². The Morgan fingerprint density at radius 1 is 1.47 bits per heavy atom. The van der Waals surface area contributed by atoms with Crippen LogP contribution in [0.2, 0.25) is 0 Å². The average Bonchev–Trinajstić information content (AvgIpc) is 2.42. The van der Waals surface area contributed by atoms with Gasteiger partial charge in [-0.2, -0.15) is 0 Å². The van der Waals surface area contributed by atoms with E-state index in [0.29, 0.717) is 6.54 Å². The van der Waals surface area contributed by atoms with Crippen LogP contribution in [-0.2, 0) is 4.79 Å². The fourth-order valence-corrected chi connectivity index (χ4v) is 2.01. The summed E-state index contributed by atoms with van der Waals surface area (Å²) in [6.45, 7) is 1.26. The first kappa shape index (κ1) is 12.4. The Balaban J connectivity index is 2.51. The normalized spacial score (nSPS) is 25.9. The highest BCUT2D eigenvalue weighted by molar-refractivity contribution is 5.73. The molecule has 0 saturated carbocycles. The van der Waals surface area contributed by atoms with Gasteiger partial charge < -0.3 is 15.9 Å². The van der Waals surface area contributed by atoms with Crippen LogP contribution in [0.15, 0.2) is 0 Å². The van der Waals surface area contributed by atoms with Gasteiger partial charge in [0.1, 0.15) is 6.04 Å². The summed E-state index contributed by atoms with van der Waals surface area (Å²) in [7, 11) is 0. The topological polar surface area (TPSA) is 86.8 Å². The van der Waals surface area contributed by atoms with Crippen LogP contribution in [0, 0.1) is 0 Å². The van der Waals surface area contributed by atoms with Gasteiger partial charge in [-0.1, -0.05) is 12.8 Å². The summed E-state index contributed by atoms with van der Waals surface area (Å²) in [6.07, 6.45) is 4.24. The van der Waals surface area contributed by atoms with Crippen molar-refractivity contribution in [3.63, 3.8) is 0 Å². The fraction of sp³-hybridized carbons (Fsp3) is 0.900. The maximum Gasteiger partial charge on any atom is 0.321 e. The van der Waals surface area contributed by atoms with E-state index < -0.39 is 12.0 Å². The Morgan fingerprint density at radius 3 is 2.80 bits per heavy atom. The number of aliphatic hydroxyl groups excluding tert-OH is 1. The molecule has 0 spiro atoms. The Kier molecular flexibility index (Phi) is 5.01. The Hall–Kier alpha value is -0.650. The number of carboxylic acids is 1. The molecule has 1 saturated heterocycles. The molecule has 0 aromatic rings. The van der Waals surface area contributed by atoms with E-state index in [1.165, 1.54) is 0 Å². The molecule has 4 N–H and O–H groups in total. The molecule has 1 rings (SSSR count). The molecule has 88 valence electrons. The minimum Gasteiger partial charge on any atom is -0.480 e. The van der Waals surface area contributed by atoms with Gasteiger partial charge in [0.25, 0.3) is 0 Å². The van der Waals surface area contributed by atoms with Crippen LogP contribution in [0.4, 0.5) is 0 Å². The van der Waals surface area contributed by atoms with Gasteiger partial charge in [-0.05, 0) is 19.4 Å². The molecule has 1 heterocycles. The second kappa shape index (κ2) is 6.05. The third kappa shape index (κ3) is 3.77. The van der Waals surface area contributed by atoms with Gasteiger partial charge in [-0.15, -0.1) is 0 Å². The van der Waals surface area contributed by atoms with Gasteiger partial charge in [0.2, 0.25) is 0 Å². The summed E-state index contributed by atoms with van der Waals surface area (Å²) >= 11 is 0. The number of hydrogen-bond acceptors (Lipinski definition) is 4. The first-order valence-corrected chi connectivity index (χ1v) is 5.48. The molecule has 0 aromatic carbocycles. The quantitative estimate of drug-likeness (QED) is 0.597. The van der Waals surface area contributed by atoms with Crippen LogP contribution in [0.3, 0.4) is 0 Å². The molecule has 1 fully saturated rings. The van der Waals surface area contributed by atoms with Gasteiger partial charge in [0.15, 0.2) is 0 Å². The Labute approximate surface area is 89.9 Å². The lowest BCUT2D eigenvalue weighted by atomic mass is 10.1. The third-order valence-electron chi connectivity index (χ3n) is 2.96. The molecule has 5 nitrogen and oxygen atoms in total. The predicted molar refractivity (Wildman–Crippen MR) is 56.5 cm³/mol. The lowest BCUT2D eigenvalue weighted by molar-refractivity contribution is -0.139. The minimum atomic E-state index is -0.976. The van der Waals surface area contributed by atoms with E-state index in [1.54, 1.807) is 0 Å². The number of hydrogen-bond donors (Lipinski definition) is 3. The maximum atomic E-state index is 10.6. The summed E-state index contributed by atoms with van der Waals surface area (Å²) in [5.41, 5.74) is 5.49. The molecule has 15 heavy (non-hydrogen) atoms. The molecule has 0 aromatic heterocycles. The number of aliphatic hydroxyl groups is 1. The number of carbonyl (C=O) groups is 1. The molecular formula is C10H20N2O3. The molecule has 0 amide bonds. The number of likely N-dealkylation sites (tertiary alicyclic amines) is 1. The zero-order chi connectivity index (χ0) is 11.3. The summed E-state index contributed by atoms with van der Waals surface area (Å²) in [4.78, 5) is 12.6. The van der Waals surface area contributed by atoms with Crippen molar-refractivity contribution in [2.75, 3.05) is 19.7 Å². The number of carboxylic acid groups (broad SMARTS) is 1. The number of nitrogens with two attached hydrogens (primary N) is 1. The van der Waals surface area contributed by atoms with Crippen molar-refractivity contribution in [3.8, 4) is 0 Å². The van der Waals surface area contributed by atoms with E-state index in [0.717, 1.165) is 32.2 Å². The molecule has 5 heteroatoms. The molecule has 0 radical (unpaired) electrons. The maximum absolute atomic E-state index is 10.6. The van der Waals surface area contributed by atoms with Crippen LogP contribution >= 0.6 is 0 Å². The summed E-state index contributed by atoms with van der Waals surface area (Å²) in [5.74, 6) is -0.976. The lowest BCUT2D eigenvalue weighted by Gasteiger charge is -2.29. The number of aliphatic carboxylic acids is 1. The van der Waals surface area contributed by atoms with Crippen molar-refractivity contribution in [1.82, 2.24) is 4.90 Å². The molecule has 1 aliphatic rings. The van der Waals surface area contributed by atoms with Crippen molar-refractivity contribution in [2.45, 2.75) is 37.8 Å². The second-order valence-electron chi connectivity index (χ2n) is 4.13. The number of rotatable bonds is 4. The first-order chi connectivity index (χ1) is 7.15. The van der Waals surface area contributed by atoms with E-state index in [2.05, 4.69) is 0 Å². The largest absolute Gasteiger partial charge is 0.480 e. The molecule has 2 unspecified atom stereocenters. The van der Waals surface area contributed by atoms with Gasteiger partial charge in [0, 0.05) is 12.6 Å². The van der Waals surface area contributed by atoms with Gasteiger partial charge in [0.05, 0.1) is 6.61 Å². The minimum absolute atomic E-state index is 0.0814. The van der Waals surface area contributed by atoms with Crippen LogP contribution in [0.1, 0.15) is 25.7 Å². The van der Waals surface area contributed by atoms with Crippen LogP contribution in [0.25, 0.3) is 0 Å². The van der Waals surface area contributed by atoms with Crippen LogP contribution in [0.5, 0.6) is 0 Å². The van der Waals surface area contributed by atoms with E-state index in [1.807, 2.05) is 4.90 Å². The summed E-state index contributed by atoms with van der Waals surface area (Å²) < 4.78 is 0.